The summed E-state index contributed by atoms with van der Waals surface area (Å²) in [5, 5.41) is 3.92. The molecule has 0 bridgehead atoms. The van der Waals surface area contributed by atoms with Crippen molar-refractivity contribution in [3.8, 4) is 0 Å². The lowest BCUT2D eigenvalue weighted by atomic mass is 9.75. The van der Waals surface area contributed by atoms with Crippen LogP contribution in [-0.4, -0.2) is 43.5 Å². The lowest BCUT2D eigenvalue weighted by molar-refractivity contribution is -0.121. The molecule has 4 rings (SSSR count). The number of hydrogen-bond acceptors (Lipinski definition) is 3. The number of nitrogens with zero attached hydrogens (tertiary/aromatic N) is 2. The van der Waals surface area contributed by atoms with Crippen LogP contribution in [0.1, 0.15) is 43.7 Å². The molecule has 4 nitrogen and oxygen atoms in total. The molecule has 2 heterocycles. The van der Waals surface area contributed by atoms with Crippen LogP contribution in [0.15, 0.2) is 42.5 Å². The van der Waals surface area contributed by atoms with Crippen molar-refractivity contribution in [3.63, 3.8) is 0 Å². The van der Waals surface area contributed by atoms with E-state index in [0.717, 1.165) is 69.1 Å². The monoisotopic (exact) mass is 425 g/mol. The molecule has 5 heteroatoms. The number of nitrogens with one attached hydrogen (secondary N) is 1. The van der Waals surface area contributed by atoms with Gasteiger partial charge in [0.15, 0.2) is 0 Å². The zero-order chi connectivity index (χ0) is 21.1. The summed E-state index contributed by atoms with van der Waals surface area (Å²) >= 11 is 6.14. The van der Waals surface area contributed by atoms with E-state index >= 15 is 0 Å². The van der Waals surface area contributed by atoms with E-state index in [1.54, 1.807) is 0 Å². The number of amides is 1. The molecule has 1 saturated heterocycles. The minimum Gasteiger partial charge on any atom is -0.369 e. The highest BCUT2D eigenvalue weighted by molar-refractivity contribution is 6.30. The summed E-state index contributed by atoms with van der Waals surface area (Å²) in [7, 11) is 0. The molecule has 0 aliphatic carbocycles. The SMILES string of the molecule is CCC1(CCCCN2CCN(c3cccc(Cl)c3)CC2)C(=O)Nc2ccc(C)cc21. The quantitative estimate of drug-likeness (QED) is 0.616. The smallest absolute Gasteiger partial charge is 0.235 e. The number of rotatable bonds is 7. The summed E-state index contributed by atoms with van der Waals surface area (Å²) in [4.78, 5) is 17.8. The molecular weight excluding hydrogens is 394 g/mol. The third kappa shape index (κ3) is 4.21. The van der Waals surface area contributed by atoms with E-state index in [9.17, 15) is 4.79 Å². The normalized spacial score (nSPS) is 21.6. The molecule has 160 valence electrons. The van der Waals surface area contributed by atoms with Crippen LogP contribution in [0.2, 0.25) is 5.02 Å². The summed E-state index contributed by atoms with van der Waals surface area (Å²) in [6.07, 6.45) is 3.98. The highest BCUT2D eigenvalue weighted by Gasteiger charge is 2.44. The summed E-state index contributed by atoms with van der Waals surface area (Å²) in [6, 6.07) is 14.5. The zero-order valence-corrected chi connectivity index (χ0v) is 18.8. The molecule has 2 aliphatic heterocycles. The molecule has 1 amide bonds. The predicted octanol–water partition coefficient (Wildman–Crippen LogP) is 5.24. The number of aryl methyl sites for hydroxylation is 1. The maximum absolute atomic E-state index is 12.8. The van der Waals surface area contributed by atoms with Crippen molar-refractivity contribution in [2.24, 2.45) is 0 Å². The van der Waals surface area contributed by atoms with Crippen LogP contribution < -0.4 is 10.2 Å². The van der Waals surface area contributed by atoms with Crippen LogP contribution in [0.4, 0.5) is 11.4 Å². The maximum Gasteiger partial charge on any atom is 0.235 e. The number of fused-ring (bicyclic) bond motifs is 1. The van der Waals surface area contributed by atoms with Gasteiger partial charge in [0.2, 0.25) is 5.91 Å². The summed E-state index contributed by atoms with van der Waals surface area (Å²) in [5.41, 5.74) is 4.29. The van der Waals surface area contributed by atoms with Gasteiger partial charge in [-0.2, -0.15) is 0 Å². The Morgan fingerprint density at radius 1 is 1.07 bits per heavy atom. The second-order valence-electron chi connectivity index (χ2n) is 8.70. The Labute approximate surface area is 185 Å². The number of anilines is 2. The Hall–Kier alpha value is -2.04. The third-order valence-corrected chi connectivity index (χ3v) is 7.09. The van der Waals surface area contributed by atoms with E-state index in [4.69, 9.17) is 11.6 Å². The molecule has 1 atom stereocenters. The van der Waals surface area contributed by atoms with Gasteiger partial charge in [-0.1, -0.05) is 48.7 Å². The van der Waals surface area contributed by atoms with Crippen LogP contribution in [0, 0.1) is 6.92 Å². The summed E-state index contributed by atoms with van der Waals surface area (Å²) < 4.78 is 0. The first-order valence-corrected chi connectivity index (χ1v) is 11.5. The molecule has 0 saturated carbocycles. The van der Waals surface area contributed by atoms with Crippen molar-refractivity contribution in [3.05, 3.63) is 58.6 Å². The molecule has 1 N–H and O–H groups in total. The van der Waals surface area contributed by atoms with Crippen molar-refractivity contribution < 1.29 is 4.79 Å². The van der Waals surface area contributed by atoms with Gasteiger partial charge in [-0.05, 0) is 62.6 Å². The van der Waals surface area contributed by atoms with Gasteiger partial charge in [-0.15, -0.1) is 0 Å². The number of benzene rings is 2. The molecule has 0 spiro atoms. The van der Waals surface area contributed by atoms with Gasteiger partial charge in [0, 0.05) is 42.6 Å². The first-order valence-electron chi connectivity index (χ1n) is 11.2. The minimum absolute atomic E-state index is 0.181. The largest absolute Gasteiger partial charge is 0.369 e. The van der Waals surface area contributed by atoms with Gasteiger partial charge >= 0.3 is 0 Å². The number of carbonyl (C=O) groups is 1. The lowest BCUT2D eigenvalue weighted by Gasteiger charge is -2.36. The highest BCUT2D eigenvalue weighted by Crippen LogP contribution is 2.44. The van der Waals surface area contributed by atoms with E-state index in [1.807, 2.05) is 18.2 Å². The molecule has 2 aromatic carbocycles. The number of piperazine rings is 1. The van der Waals surface area contributed by atoms with Crippen molar-refractivity contribution >= 4 is 28.9 Å². The molecule has 30 heavy (non-hydrogen) atoms. The molecule has 0 aromatic heterocycles. The van der Waals surface area contributed by atoms with Gasteiger partial charge in [-0.25, -0.2) is 0 Å². The van der Waals surface area contributed by atoms with Gasteiger partial charge in [0.05, 0.1) is 5.41 Å². The molecular formula is C25H32ClN3O. The van der Waals surface area contributed by atoms with Crippen LogP contribution in [-0.2, 0) is 10.2 Å². The second-order valence-corrected chi connectivity index (χ2v) is 9.14. The van der Waals surface area contributed by atoms with Crippen molar-refractivity contribution in [2.75, 3.05) is 42.9 Å². The van der Waals surface area contributed by atoms with Crippen molar-refractivity contribution in [1.29, 1.82) is 0 Å². The Morgan fingerprint density at radius 2 is 1.87 bits per heavy atom. The predicted molar refractivity (Wildman–Crippen MR) is 126 cm³/mol. The van der Waals surface area contributed by atoms with Gasteiger partial charge in [0.1, 0.15) is 0 Å². The average molecular weight is 426 g/mol. The molecule has 0 radical (unpaired) electrons. The molecule has 2 aromatic rings. The second kappa shape index (κ2) is 8.99. The third-order valence-electron chi connectivity index (χ3n) is 6.85. The zero-order valence-electron chi connectivity index (χ0n) is 18.1. The number of halogens is 1. The molecule has 1 fully saturated rings. The standard InChI is InChI=1S/C25H32ClN3O/c1-3-25(22-17-19(2)9-10-23(22)27-24(25)30)11-4-5-12-28-13-15-29(16-14-28)21-8-6-7-20(26)18-21/h6-10,17-18H,3-5,11-16H2,1-2H3,(H,27,30). The van der Waals surface area contributed by atoms with Gasteiger partial charge in [-0.3, -0.25) is 9.69 Å². The maximum atomic E-state index is 12.8. The van der Waals surface area contributed by atoms with Crippen molar-refractivity contribution in [1.82, 2.24) is 4.90 Å². The van der Waals surface area contributed by atoms with Crippen LogP contribution in [0.25, 0.3) is 0 Å². The van der Waals surface area contributed by atoms with Crippen LogP contribution in [0.3, 0.4) is 0 Å². The van der Waals surface area contributed by atoms with E-state index in [0.29, 0.717) is 0 Å². The summed E-state index contributed by atoms with van der Waals surface area (Å²) in [5.74, 6) is 0.181. The van der Waals surface area contributed by atoms with Crippen molar-refractivity contribution in [2.45, 2.75) is 44.9 Å². The highest BCUT2D eigenvalue weighted by atomic mass is 35.5. The number of hydrogen-bond donors (Lipinski definition) is 1. The summed E-state index contributed by atoms with van der Waals surface area (Å²) in [6.45, 7) is 9.58. The fraction of sp³-hybridized carbons (Fsp3) is 0.480. The Kier molecular flexibility index (Phi) is 6.35. The minimum atomic E-state index is -0.355. The topological polar surface area (TPSA) is 35.6 Å². The van der Waals surface area contributed by atoms with E-state index in [1.165, 1.54) is 16.8 Å². The van der Waals surface area contributed by atoms with Crippen LogP contribution >= 0.6 is 11.6 Å². The lowest BCUT2D eigenvalue weighted by Crippen LogP contribution is -2.46. The van der Waals surface area contributed by atoms with E-state index in [-0.39, 0.29) is 11.3 Å². The Morgan fingerprint density at radius 3 is 2.60 bits per heavy atom. The van der Waals surface area contributed by atoms with Gasteiger partial charge < -0.3 is 10.2 Å². The fourth-order valence-corrected chi connectivity index (χ4v) is 5.15. The first kappa shape index (κ1) is 21.2. The Bertz CT molecular complexity index is 907. The van der Waals surface area contributed by atoms with E-state index in [2.05, 4.69) is 53.2 Å². The average Bonchev–Trinajstić information content (AvgIpc) is 3.02. The Balaban J connectivity index is 1.28. The van der Waals surface area contributed by atoms with Gasteiger partial charge in [0.25, 0.3) is 0 Å². The number of carbonyl (C=O) groups excluding carboxylic acids is 1. The van der Waals surface area contributed by atoms with Crippen LogP contribution in [0.5, 0.6) is 0 Å². The first-order chi connectivity index (χ1) is 14.5. The van der Waals surface area contributed by atoms with E-state index < -0.39 is 0 Å². The fourth-order valence-electron chi connectivity index (χ4n) is 4.97. The number of unbranched alkanes of at least 4 members (excludes halogenated alkanes) is 1. The molecule has 1 unspecified atom stereocenters. The molecule has 2 aliphatic rings.